The van der Waals surface area contributed by atoms with Gasteiger partial charge in [-0.1, -0.05) is 43.3 Å². The zero-order chi connectivity index (χ0) is 48.3. The molecule has 8 rings (SSSR count). The number of piperidine rings is 1. The number of anilines is 2. The second-order valence-electron chi connectivity index (χ2n) is 17.7. The summed E-state index contributed by atoms with van der Waals surface area (Å²) < 4.78 is 1.63. The number of aromatic nitrogens is 7. The second-order valence-corrected chi connectivity index (χ2v) is 17.7. The van der Waals surface area contributed by atoms with Crippen LogP contribution in [0.25, 0.3) is 22.2 Å². The lowest BCUT2D eigenvalue weighted by atomic mass is 9.96. The van der Waals surface area contributed by atoms with Crippen LogP contribution in [-0.2, 0) is 41.9 Å². The van der Waals surface area contributed by atoms with Crippen molar-refractivity contribution in [1.29, 1.82) is 0 Å². The highest BCUT2D eigenvalue weighted by molar-refractivity contribution is 6.03. The normalized spacial score (nSPS) is 15.3. The first-order valence-corrected chi connectivity index (χ1v) is 23.7. The zero-order valence-electron chi connectivity index (χ0n) is 39.5. The first-order chi connectivity index (χ1) is 33.5. The number of fused-ring (bicyclic) bond motifs is 1. The molecule has 5 aromatic heterocycles. The topological polar surface area (TPSA) is 228 Å². The molecule has 0 saturated carbocycles. The van der Waals surface area contributed by atoms with Crippen molar-refractivity contribution in [3.63, 3.8) is 0 Å². The van der Waals surface area contributed by atoms with Gasteiger partial charge >= 0.3 is 0 Å². The Hall–Kier alpha value is -7.38. The molecule has 19 nitrogen and oxygen atoms in total. The number of aromatic amines is 1. The number of amides is 4. The molecule has 2 fully saturated rings. The Morgan fingerprint density at radius 2 is 1.67 bits per heavy atom. The molecule has 1 unspecified atom stereocenters. The first-order valence-electron chi connectivity index (χ1n) is 23.7. The molecule has 1 aromatic carbocycles. The predicted octanol–water partition coefficient (Wildman–Crippen LogP) is 3.22. The molecule has 7 heterocycles. The van der Waals surface area contributed by atoms with Crippen LogP contribution in [-0.4, -0.2) is 134 Å². The van der Waals surface area contributed by atoms with E-state index in [4.69, 9.17) is 0 Å². The number of hydrogen-bond acceptors (Lipinski definition) is 13. The molecule has 2 saturated heterocycles. The highest BCUT2D eigenvalue weighted by Gasteiger charge is 2.24. The highest BCUT2D eigenvalue weighted by Crippen LogP contribution is 2.26. The second kappa shape index (κ2) is 22.6. The lowest BCUT2D eigenvalue weighted by molar-refractivity contribution is -0.133. The van der Waals surface area contributed by atoms with Crippen LogP contribution in [0.4, 0.5) is 11.4 Å². The van der Waals surface area contributed by atoms with Crippen LogP contribution in [0.1, 0.15) is 70.1 Å². The summed E-state index contributed by atoms with van der Waals surface area (Å²) in [6, 6.07) is 17.3. The summed E-state index contributed by atoms with van der Waals surface area (Å²) in [5.74, 6) is -0.805. The zero-order valence-corrected chi connectivity index (χ0v) is 39.5. The van der Waals surface area contributed by atoms with Crippen LogP contribution in [0.2, 0.25) is 0 Å². The number of hydrogen-bond donors (Lipinski definition) is 5. The minimum atomic E-state index is -0.450. The number of piperazine rings is 1. The number of nitrogens with zero attached hydrogens (tertiary/aromatic N) is 9. The van der Waals surface area contributed by atoms with Gasteiger partial charge in [0.05, 0.1) is 47.4 Å². The maximum absolute atomic E-state index is 13.5. The summed E-state index contributed by atoms with van der Waals surface area (Å²) in [5, 5.41) is 20.3. The van der Waals surface area contributed by atoms with E-state index in [-0.39, 0.29) is 48.0 Å². The third kappa shape index (κ3) is 12.6. The molecule has 0 bridgehead atoms. The van der Waals surface area contributed by atoms with Gasteiger partial charge in [0.15, 0.2) is 5.69 Å². The van der Waals surface area contributed by atoms with Gasteiger partial charge in [0.25, 0.3) is 17.4 Å². The fraction of sp³-hybridized carbons (Fsp3) is 0.400. The molecule has 0 aliphatic carbocycles. The summed E-state index contributed by atoms with van der Waals surface area (Å²) in [7, 11) is 1.80. The number of pyridine rings is 4. The molecule has 1 atom stereocenters. The van der Waals surface area contributed by atoms with Crippen molar-refractivity contribution in [1.82, 2.24) is 60.7 Å². The lowest BCUT2D eigenvalue weighted by Crippen LogP contribution is -2.46. The van der Waals surface area contributed by atoms with E-state index in [1.165, 1.54) is 0 Å². The van der Waals surface area contributed by atoms with E-state index in [0.717, 1.165) is 90.1 Å². The number of likely N-dealkylation sites (tertiary alicyclic amines) is 1. The van der Waals surface area contributed by atoms with Crippen molar-refractivity contribution in [2.24, 2.45) is 5.92 Å². The maximum Gasteiger partial charge on any atom is 0.272 e. The Balaban J connectivity index is 0.773. The lowest BCUT2D eigenvalue weighted by Gasteiger charge is -2.36. The van der Waals surface area contributed by atoms with Crippen molar-refractivity contribution >= 4 is 46.0 Å². The van der Waals surface area contributed by atoms with E-state index in [2.05, 4.69) is 74.3 Å². The van der Waals surface area contributed by atoms with Gasteiger partial charge in [0, 0.05) is 102 Å². The fourth-order valence-electron chi connectivity index (χ4n) is 8.60. The van der Waals surface area contributed by atoms with Gasteiger partial charge in [-0.3, -0.25) is 38.5 Å². The number of aryl methyl sites for hydroxylation is 2. The number of benzene rings is 1. The smallest absolute Gasteiger partial charge is 0.272 e. The van der Waals surface area contributed by atoms with Crippen LogP contribution in [0.3, 0.4) is 0 Å². The van der Waals surface area contributed by atoms with Gasteiger partial charge in [0.2, 0.25) is 11.8 Å². The predicted molar refractivity (Wildman–Crippen MR) is 263 cm³/mol. The summed E-state index contributed by atoms with van der Waals surface area (Å²) in [6.07, 6.45) is 10.2. The third-order valence-electron chi connectivity index (χ3n) is 12.7. The van der Waals surface area contributed by atoms with Crippen molar-refractivity contribution < 1.29 is 19.2 Å². The first kappa shape index (κ1) is 48.1. The van der Waals surface area contributed by atoms with E-state index in [9.17, 15) is 24.0 Å². The van der Waals surface area contributed by atoms with Gasteiger partial charge in [-0.15, -0.1) is 5.10 Å². The van der Waals surface area contributed by atoms with Crippen molar-refractivity contribution in [3.05, 3.63) is 124 Å². The highest BCUT2D eigenvalue weighted by atomic mass is 16.2. The fourth-order valence-corrected chi connectivity index (χ4v) is 8.60. The van der Waals surface area contributed by atoms with Crippen molar-refractivity contribution in [3.8, 4) is 11.1 Å². The molecular formula is C50H60N14O5. The molecule has 4 amide bonds. The van der Waals surface area contributed by atoms with Crippen LogP contribution in [0.15, 0.2) is 84.2 Å². The van der Waals surface area contributed by atoms with Gasteiger partial charge in [-0.25, -0.2) is 9.97 Å². The number of nitrogens with one attached hydrogen (secondary N) is 5. The molecular weight excluding hydrogens is 877 g/mol. The van der Waals surface area contributed by atoms with Crippen LogP contribution in [0.5, 0.6) is 0 Å². The number of carbonyl (C=O) groups excluding carboxylic acids is 4. The van der Waals surface area contributed by atoms with Crippen molar-refractivity contribution in [2.45, 2.75) is 59.0 Å². The monoisotopic (exact) mass is 936 g/mol. The quantitative estimate of drug-likeness (QED) is 0.0788. The molecule has 360 valence electrons. The van der Waals surface area contributed by atoms with E-state index in [1.54, 1.807) is 47.4 Å². The van der Waals surface area contributed by atoms with Gasteiger partial charge in [0.1, 0.15) is 5.69 Å². The van der Waals surface area contributed by atoms with E-state index in [1.807, 2.05) is 49.5 Å². The molecule has 69 heavy (non-hydrogen) atoms. The van der Waals surface area contributed by atoms with Crippen LogP contribution < -0.4 is 31.7 Å². The summed E-state index contributed by atoms with van der Waals surface area (Å²) in [4.78, 5) is 87.0. The largest absolute Gasteiger partial charge is 0.368 e. The summed E-state index contributed by atoms with van der Waals surface area (Å²) >= 11 is 0. The molecule has 5 N–H and O–H groups in total. The van der Waals surface area contributed by atoms with E-state index in [0.29, 0.717) is 62.5 Å². The Morgan fingerprint density at radius 1 is 0.826 bits per heavy atom. The van der Waals surface area contributed by atoms with Crippen LogP contribution in [0, 0.1) is 5.92 Å². The summed E-state index contributed by atoms with van der Waals surface area (Å²) in [6.45, 7) is 10.3. The minimum absolute atomic E-state index is 0.0140. The number of carbonyl (C=O) groups is 4. The Kier molecular flexibility index (Phi) is 15.8. The van der Waals surface area contributed by atoms with E-state index >= 15 is 0 Å². The molecule has 19 heteroatoms. The maximum atomic E-state index is 13.5. The molecule has 2 aliphatic rings. The Bertz CT molecular complexity index is 2840. The molecule has 0 radical (unpaired) electrons. The van der Waals surface area contributed by atoms with Gasteiger partial charge in [-0.05, 0) is 78.7 Å². The third-order valence-corrected chi connectivity index (χ3v) is 12.7. The average molecular weight is 937 g/mol. The summed E-state index contributed by atoms with van der Waals surface area (Å²) in [5.41, 5.74) is 8.39. The standard InChI is InChI=1S/C50H60N14O5/c1-4-33-7-6-8-37(21-33)38-25-44(57-45(65)30-51-26-34-12-15-61(3)46(66)23-34)47(56-28-38)50(69)52-13-11-39-32-64(60-59-39)16-14-53-49(68)41-10-9-40(29-55-41)63-19-17-62(18-20-63)31-35-22-43-42(54-27-35)24-36(5-2)48(67)58-43/h6-10,21-22,24-25,27-29,32,34,51H,4-5,11-20,23,26,30-31H2,1-3H3,(H,52,69)(H,53,68)(H,57,65)(H,58,67). The SMILES string of the molecule is CCc1cccc(-c2cnc(C(=O)NCCc3cn(CCNC(=O)c4ccc(N5CCN(Cc6cnc7cc(CC)c(=O)[nH]c7c6)CC5)cn4)nn3)c(NC(=O)CNCC3CCN(C)C(=O)C3)c2)c1. The van der Waals surface area contributed by atoms with E-state index < -0.39 is 5.91 Å². The van der Waals surface area contributed by atoms with Crippen LogP contribution >= 0.6 is 0 Å². The number of H-pyrrole nitrogens is 1. The van der Waals surface area contributed by atoms with Gasteiger partial charge in [-0.2, -0.15) is 0 Å². The average Bonchev–Trinajstić information content (AvgIpc) is 3.82. The minimum Gasteiger partial charge on any atom is -0.368 e. The Morgan fingerprint density at radius 3 is 2.45 bits per heavy atom. The molecule has 2 aliphatic heterocycles. The molecule has 0 spiro atoms. The Labute approximate surface area is 400 Å². The van der Waals surface area contributed by atoms with Crippen molar-refractivity contribution in [2.75, 3.05) is 76.2 Å². The molecule has 6 aromatic rings. The van der Waals surface area contributed by atoms with Gasteiger partial charge < -0.3 is 36.1 Å². The number of rotatable bonds is 19.